The Balaban J connectivity index is 0.000000180. The van der Waals surface area contributed by atoms with Crippen molar-refractivity contribution in [3.63, 3.8) is 0 Å². The lowest BCUT2D eigenvalue weighted by atomic mass is 9.71. The molecule has 13 rings (SSSR count). The Morgan fingerprint density at radius 1 is 0.442 bits per heavy atom. The van der Waals surface area contributed by atoms with Crippen molar-refractivity contribution in [2.45, 2.75) is 193 Å². The molecule has 6 aromatic carbocycles. The number of aromatic nitrogens is 3. The van der Waals surface area contributed by atoms with Gasteiger partial charge in [0.25, 0.3) is 0 Å². The standard InChI is InChI=1S/C29H36BF3O6.C28H27F4NO4.C27H25F4NO4.C5H3BrFN/c1-26(2,3)37-24(25(34)35-8)23-19(29(31,32)33)12-13-20(30-38-27(4,5)28(6,7)39-30)22(23)18-11-14-21-17(16-18)10-9-15-36-21;1-27(2,3)37-25(26(34)35-4)24-20(28(30,31)32)9-8-19(18-11-12-33-15-21(18)29)23(24)17-7-10-22-16(14-17)6-5-13-36-22;1-26(2,3)36-24(25(33)34)23-19(27(29,30)31)8-7-18(17-10-11-32-14-20(17)28)22(23)16-6-9-21-15(13-16)5-4-12-35-21;6-4-1-2-8-3-5(4)7/h11-14,16,24H,9-10,15H2,1-8H3;7-12,14-15,25H,5-6,13H2,1-4H3;6-11,13-14,24H,4-5,12H2,1-3H3,(H,33,34);1-3H. The molecule has 3 aromatic heterocycles. The van der Waals surface area contributed by atoms with Crippen LogP contribution in [0.3, 0.4) is 0 Å². The maximum atomic E-state index is 15.0. The molecule has 1 N–H and O–H groups in total. The number of alkyl halides is 9. The van der Waals surface area contributed by atoms with E-state index in [4.69, 9.17) is 47.2 Å². The highest BCUT2D eigenvalue weighted by Crippen LogP contribution is 2.52. The Bertz CT molecular complexity index is 5200. The van der Waals surface area contributed by atoms with Crippen LogP contribution < -0.4 is 19.7 Å². The summed E-state index contributed by atoms with van der Waals surface area (Å²) in [5, 5.41) is 10.1. The molecule has 0 bridgehead atoms. The first-order valence-corrected chi connectivity index (χ1v) is 39.0. The van der Waals surface area contributed by atoms with E-state index in [2.05, 4.69) is 30.9 Å². The van der Waals surface area contributed by atoms with E-state index in [1.54, 1.807) is 117 Å². The fourth-order valence-corrected chi connectivity index (χ4v) is 14.3. The minimum atomic E-state index is -4.90. The van der Waals surface area contributed by atoms with Crippen LogP contribution in [0, 0.1) is 17.5 Å². The van der Waals surface area contributed by atoms with Crippen molar-refractivity contribution in [1.29, 1.82) is 0 Å². The summed E-state index contributed by atoms with van der Waals surface area (Å²) in [4.78, 5) is 49.5. The lowest BCUT2D eigenvalue weighted by molar-refractivity contribution is -0.167. The van der Waals surface area contributed by atoms with Gasteiger partial charge < -0.3 is 52.3 Å². The molecule has 4 aliphatic rings. The monoisotopic (exact) mass is 1740 g/mol. The molecule has 0 spiro atoms. The second-order valence-electron chi connectivity index (χ2n) is 32.5. The van der Waals surface area contributed by atoms with E-state index >= 15 is 0 Å². The van der Waals surface area contributed by atoms with Gasteiger partial charge in [-0.3, -0.25) is 15.0 Å². The molecule has 4 aliphatic heterocycles. The predicted octanol–water partition coefficient (Wildman–Crippen LogP) is 21.8. The molecule has 9 aromatic rings. The summed E-state index contributed by atoms with van der Waals surface area (Å²) in [6.45, 7) is 23.7. The normalized spacial score (nSPS) is 15.8. The third-order valence-electron chi connectivity index (χ3n) is 19.9. The first-order chi connectivity index (χ1) is 56.0. The molecule has 3 atom stereocenters. The molecule has 0 aliphatic carbocycles. The summed E-state index contributed by atoms with van der Waals surface area (Å²) in [5.41, 5.74) is -4.84. The number of fused-ring (bicyclic) bond motifs is 3. The molecule has 3 unspecified atom stereocenters. The third kappa shape index (κ3) is 21.9. The average Bonchev–Trinajstić information content (AvgIpc) is 1.29. The van der Waals surface area contributed by atoms with Gasteiger partial charge in [0.05, 0.1) is 102 Å². The van der Waals surface area contributed by atoms with Gasteiger partial charge in [-0.2, -0.15) is 39.5 Å². The van der Waals surface area contributed by atoms with Crippen LogP contribution in [-0.4, -0.2) is 107 Å². The van der Waals surface area contributed by atoms with Crippen molar-refractivity contribution in [3.05, 3.63) is 218 Å². The van der Waals surface area contributed by atoms with Gasteiger partial charge in [0.15, 0.2) is 24.1 Å². The molecule has 7 heterocycles. The van der Waals surface area contributed by atoms with Gasteiger partial charge in [-0.05, 0) is 284 Å². The van der Waals surface area contributed by atoms with Crippen LogP contribution in [0.25, 0.3) is 55.6 Å². The van der Waals surface area contributed by atoms with Crippen molar-refractivity contribution in [3.8, 4) is 72.9 Å². The lowest BCUT2D eigenvalue weighted by Crippen LogP contribution is -2.41. The van der Waals surface area contributed by atoms with Crippen molar-refractivity contribution < 1.29 is 119 Å². The zero-order chi connectivity index (χ0) is 88.2. The van der Waals surface area contributed by atoms with E-state index in [0.29, 0.717) is 83.0 Å². The average molecular weight is 1750 g/mol. The Kier molecular flexibility index (Phi) is 28.3. The SMILES string of the molecule is CC(C)(C)OC(C(=O)O)c1c(C(F)(F)F)ccc(-c2ccncc2F)c1-c1ccc2c(c1)CCCO2.COC(=O)C(OC(C)(C)C)c1c(C(F)(F)F)ccc(-c2ccncc2F)c1-c1ccc2c(c1)CCCO2.COC(=O)C(OC(C)(C)C)c1c(C(F)(F)F)ccc(B2OC(C)(C)C(C)(C)O2)c1-c1ccc2c(c1)CCCO2.Fc1cnccc1Br. The van der Waals surface area contributed by atoms with Gasteiger partial charge in [-0.15, -0.1) is 0 Å². The number of rotatable bonds is 15. The highest BCUT2D eigenvalue weighted by Gasteiger charge is 2.54. The topological polar surface area (TPSA) is 202 Å². The van der Waals surface area contributed by atoms with Crippen molar-refractivity contribution in [2.75, 3.05) is 34.0 Å². The number of hydrogen-bond donors (Lipinski definition) is 1. The largest absolute Gasteiger partial charge is 0.495 e. The highest BCUT2D eigenvalue weighted by molar-refractivity contribution is 9.10. The number of esters is 2. The number of ether oxygens (including phenoxy) is 8. The maximum Gasteiger partial charge on any atom is 0.495 e. The van der Waals surface area contributed by atoms with Gasteiger partial charge in [0.2, 0.25) is 0 Å². The van der Waals surface area contributed by atoms with Gasteiger partial charge in [-0.1, -0.05) is 36.4 Å². The summed E-state index contributed by atoms with van der Waals surface area (Å²) >= 11 is 2.98. The molecule has 1 saturated heterocycles. The van der Waals surface area contributed by atoms with Crippen LogP contribution in [0.5, 0.6) is 17.2 Å². The number of halogens is 13. The van der Waals surface area contributed by atoms with Crippen molar-refractivity contribution in [1.82, 2.24) is 15.0 Å². The van der Waals surface area contributed by atoms with Crippen LogP contribution in [0.1, 0.15) is 178 Å². The number of carbonyl (C=O) groups is 3. The van der Waals surface area contributed by atoms with E-state index in [0.717, 1.165) is 93.0 Å². The number of pyridine rings is 3. The van der Waals surface area contributed by atoms with E-state index in [1.165, 1.54) is 42.9 Å². The minimum Gasteiger partial charge on any atom is -0.493 e. The van der Waals surface area contributed by atoms with Gasteiger partial charge in [-0.25, -0.2) is 27.6 Å². The smallest absolute Gasteiger partial charge is 0.493 e. The maximum absolute atomic E-state index is 15.0. The van der Waals surface area contributed by atoms with Gasteiger partial charge in [0.1, 0.15) is 28.9 Å². The van der Waals surface area contributed by atoms with Crippen LogP contribution in [0.2, 0.25) is 0 Å². The van der Waals surface area contributed by atoms with Gasteiger partial charge >= 0.3 is 43.6 Å². The van der Waals surface area contributed by atoms with E-state index in [-0.39, 0.29) is 50.3 Å². The molecular weight excluding hydrogens is 1650 g/mol. The summed E-state index contributed by atoms with van der Waals surface area (Å²) in [5.74, 6) is -3.41. The van der Waals surface area contributed by atoms with Crippen LogP contribution in [-0.2, 0) is 85.2 Å². The molecule has 31 heteroatoms. The summed E-state index contributed by atoms with van der Waals surface area (Å²) in [6, 6.07) is 25.7. The Hall–Kier alpha value is -9.92. The van der Waals surface area contributed by atoms with Crippen LogP contribution in [0.15, 0.2) is 151 Å². The number of aryl methyl sites for hydroxylation is 3. The second kappa shape index (κ2) is 36.8. The first-order valence-electron chi connectivity index (χ1n) is 38.3. The number of nitrogens with zero attached hydrogens (tertiary/aromatic N) is 3. The molecule has 0 amide bonds. The van der Waals surface area contributed by atoms with E-state index < -0.39 is 129 Å². The number of aliphatic carboxylic acids is 1. The molecular formula is C89H91BBrF12N3O14. The third-order valence-corrected chi connectivity index (χ3v) is 20.5. The molecule has 640 valence electrons. The fourth-order valence-electron chi connectivity index (χ4n) is 14.0. The Labute approximate surface area is 696 Å². The number of carboxylic acids is 1. The Morgan fingerprint density at radius 3 is 1.08 bits per heavy atom. The summed E-state index contributed by atoms with van der Waals surface area (Å²) in [6.07, 6.45) is -8.36. The first kappa shape index (κ1) is 92.4. The molecule has 0 saturated carbocycles. The predicted molar refractivity (Wildman–Crippen MR) is 428 cm³/mol. The lowest BCUT2D eigenvalue weighted by Gasteiger charge is -2.32. The fraction of sp³-hybridized carbons (Fsp3) is 0.393. The number of hydrogen-bond acceptors (Lipinski definition) is 16. The van der Waals surface area contributed by atoms with Gasteiger partial charge in [0, 0.05) is 46.4 Å². The molecule has 1 fully saturated rings. The zero-order valence-electron chi connectivity index (χ0n) is 68.5. The van der Waals surface area contributed by atoms with Crippen LogP contribution in [0.4, 0.5) is 52.7 Å². The number of benzene rings is 6. The van der Waals surface area contributed by atoms with Crippen LogP contribution >= 0.6 is 15.9 Å². The van der Waals surface area contributed by atoms with Crippen molar-refractivity contribution >= 4 is 46.4 Å². The minimum absolute atomic E-state index is 0.0103. The van der Waals surface area contributed by atoms with E-state index in [9.17, 15) is 72.2 Å². The number of methoxy groups -OCH3 is 2. The summed E-state index contributed by atoms with van der Waals surface area (Å²) in [7, 11) is 1.21. The van der Waals surface area contributed by atoms with E-state index in [1.807, 2.05) is 33.8 Å². The summed E-state index contributed by atoms with van der Waals surface area (Å²) < 4.78 is 230. The number of carboxylic acid groups (broad SMARTS) is 1. The molecule has 120 heavy (non-hydrogen) atoms. The quantitative estimate of drug-likeness (QED) is 0.0576. The number of carbonyl (C=O) groups excluding carboxylic acids is 2. The molecule has 17 nitrogen and oxygen atoms in total. The van der Waals surface area contributed by atoms with Crippen molar-refractivity contribution in [2.24, 2.45) is 0 Å². The second-order valence-corrected chi connectivity index (χ2v) is 33.4. The zero-order valence-corrected chi connectivity index (χ0v) is 70.1. The Morgan fingerprint density at radius 2 is 0.767 bits per heavy atom. The highest BCUT2D eigenvalue weighted by atomic mass is 79.9. The molecule has 0 radical (unpaired) electrons.